The first-order valence-corrected chi connectivity index (χ1v) is 5.26. The van der Waals surface area contributed by atoms with Gasteiger partial charge < -0.3 is 0 Å². The summed E-state index contributed by atoms with van der Waals surface area (Å²) in [5, 5.41) is 1.27. The fourth-order valence-electron chi connectivity index (χ4n) is 1.45. The maximum Gasteiger partial charge on any atom is -0.0178 e. The van der Waals surface area contributed by atoms with Crippen LogP contribution < -0.4 is 5.30 Å². The highest BCUT2D eigenvalue weighted by Crippen LogP contribution is 2.18. The van der Waals surface area contributed by atoms with E-state index in [9.17, 15) is 0 Å². The van der Waals surface area contributed by atoms with Gasteiger partial charge in [-0.2, -0.15) is 0 Å². The van der Waals surface area contributed by atoms with E-state index in [0.29, 0.717) is 0 Å². The van der Waals surface area contributed by atoms with Crippen molar-refractivity contribution in [3.63, 3.8) is 0 Å². The highest BCUT2D eigenvalue weighted by molar-refractivity contribution is 7.27. The Hall–Kier alpha value is -1.13. The molecule has 0 amide bonds. The van der Waals surface area contributed by atoms with Gasteiger partial charge in [-0.05, 0) is 35.0 Å². The van der Waals surface area contributed by atoms with Crippen LogP contribution in [0.2, 0.25) is 0 Å². The SMILES string of the molecule is Cc1ccc(-c2ccccc2)cc1P. The summed E-state index contributed by atoms with van der Waals surface area (Å²) in [6.45, 7) is 2.12. The van der Waals surface area contributed by atoms with Crippen LogP contribution in [0.15, 0.2) is 48.5 Å². The van der Waals surface area contributed by atoms with E-state index in [1.165, 1.54) is 22.0 Å². The van der Waals surface area contributed by atoms with E-state index in [1.807, 2.05) is 6.07 Å². The van der Waals surface area contributed by atoms with Crippen molar-refractivity contribution in [1.29, 1.82) is 0 Å². The zero-order valence-corrected chi connectivity index (χ0v) is 9.35. The van der Waals surface area contributed by atoms with E-state index in [4.69, 9.17) is 0 Å². The molecule has 0 aromatic heterocycles. The maximum atomic E-state index is 2.77. The lowest BCUT2D eigenvalue weighted by Crippen LogP contribution is -1.96. The quantitative estimate of drug-likeness (QED) is 0.620. The number of hydrogen-bond acceptors (Lipinski definition) is 0. The Morgan fingerprint density at radius 1 is 0.857 bits per heavy atom. The number of benzene rings is 2. The van der Waals surface area contributed by atoms with Crippen LogP contribution in [0.3, 0.4) is 0 Å². The zero-order valence-electron chi connectivity index (χ0n) is 8.20. The van der Waals surface area contributed by atoms with Crippen molar-refractivity contribution in [1.82, 2.24) is 0 Å². The lowest BCUT2D eigenvalue weighted by molar-refractivity contribution is 1.51. The smallest absolute Gasteiger partial charge is 0.0178 e. The molecular weight excluding hydrogens is 187 g/mol. The van der Waals surface area contributed by atoms with Crippen molar-refractivity contribution in [2.24, 2.45) is 0 Å². The van der Waals surface area contributed by atoms with Gasteiger partial charge in [0, 0.05) is 0 Å². The van der Waals surface area contributed by atoms with Crippen molar-refractivity contribution in [2.45, 2.75) is 6.92 Å². The van der Waals surface area contributed by atoms with Crippen LogP contribution in [0.5, 0.6) is 0 Å². The van der Waals surface area contributed by atoms with E-state index < -0.39 is 0 Å². The van der Waals surface area contributed by atoms with Crippen LogP contribution >= 0.6 is 9.24 Å². The van der Waals surface area contributed by atoms with E-state index in [2.05, 4.69) is 58.6 Å². The first-order valence-electron chi connectivity index (χ1n) is 4.69. The summed E-state index contributed by atoms with van der Waals surface area (Å²) in [4.78, 5) is 0. The largest absolute Gasteiger partial charge is 0.105 e. The average molecular weight is 200 g/mol. The van der Waals surface area contributed by atoms with Gasteiger partial charge in [0.2, 0.25) is 0 Å². The van der Waals surface area contributed by atoms with Gasteiger partial charge in [0.1, 0.15) is 0 Å². The van der Waals surface area contributed by atoms with Crippen molar-refractivity contribution in [2.75, 3.05) is 0 Å². The third-order valence-electron chi connectivity index (χ3n) is 2.39. The van der Waals surface area contributed by atoms with Crippen LogP contribution in [-0.4, -0.2) is 0 Å². The molecule has 0 saturated carbocycles. The normalized spacial score (nSPS) is 10.1. The molecule has 0 bridgehead atoms. The van der Waals surface area contributed by atoms with Gasteiger partial charge in [0.05, 0.1) is 0 Å². The molecule has 0 nitrogen and oxygen atoms in total. The van der Waals surface area contributed by atoms with E-state index in [0.717, 1.165) is 0 Å². The monoisotopic (exact) mass is 200 g/mol. The molecule has 0 radical (unpaired) electrons. The summed E-state index contributed by atoms with van der Waals surface area (Å²) in [7, 11) is 2.77. The van der Waals surface area contributed by atoms with Gasteiger partial charge >= 0.3 is 0 Å². The predicted octanol–water partition coefficient (Wildman–Crippen LogP) is 3.16. The van der Waals surface area contributed by atoms with Crippen molar-refractivity contribution in [3.8, 4) is 11.1 Å². The molecule has 70 valence electrons. The Kier molecular flexibility index (Phi) is 2.65. The van der Waals surface area contributed by atoms with Crippen LogP contribution in [0.4, 0.5) is 0 Å². The van der Waals surface area contributed by atoms with Crippen LogP contribution in [-0.2, 0) is 0 Å². The first-order chi connectivity index (χ1) is 6.77. The lowest BCUT2D eigenvalue weighted by atomic mass is 10.0. The Balaban J connectivity index is 2.48. The third kappa shape index (κ3) is 1.86. The Morgan fingerprint density at radius 2 is 1.57 bits per heavy atom. The molecule has 1 atom stereocenters. The van der Waals surface area contributed by atoms with Crippen LogP contribution in [0.1, 0.15) is 5.56 Å². The molecular formula is C13H13P. The third-order valence-corrected chi connectivity index (χ3v) is 3.01. The molecule has 0 heterocycles. The summed E-state index contributed by atoms with van der Waals surface area (Å²) >= 11 is 0. The minimum atomic E-state index is 1.27. The predicted molar refractivity (Wildman–Crippen MR) is 66.0 cm³/mol. The fraction of sp³-hybridized carbons (Fsp3) is 0.0769. The Bertz CT molecular complexity index is 432. The molecule has 14 heavy (non-hydrogen) atoms. The highest BCUT2D eigenvalue weighted by atomic mass is 31.0. The summed E-state index contributed by atoms with van der Waals surface area (Å²) in [5.41, 5.74) is 3.87. The van der Waals surface area contributed by atoms with Crippen LogP contribution in [0, 0.1) is 6.92 Å². The van der Waals surface area contributed by atoms with Crippen molar-refractivity contribution < 1.29 is 0 Å². The second-order valence-electron chi connectivity index (χ2n) is 3.44. The highest BCUT2D eigenvalue weighted by Gasteiger charge is 1.98. The number of rotatable bonds is 1. The van der Waals surface area contributed by atoms with Gasteiger partial charge in [0.25, 0.3) is 0 Å². The summed E-state index contributed by atoms with van der Waals surface area (Å²) in [6, 6.07) is 17.0. The first kappa shape index (κ1) is 9.43. The second-order valence-corrected chi connectivity index (χ2v) is 4.06. The van der Waals surface area contributed by atoms with Gasteiger partial charge in [-0.1, -0.05) is 42.5 Å². The second kappa shape index (κ2) is 3.94. The van der Waals surface area contributed by atoms with Crippen molar-refractivity contribution >= 4 is 14.5 Å². The molecule has 0 aliphatic heterocycles. The summed E-state index contributed by atoms with van der Waals surface area (Å²) in [6.07, 6.45) is 0. The molecule has 1 heteroatoms. The molecule has 2 rings (SSSR count). The molecule has 0 aliphatic rings. The Morgan fingerprint density at radius 3 is 2.21 bits per heavy atom. The maximum absolute atomic E-state index is 2.77. The van der Waals surface area contributed by atoms with Gasteiger partial charge in [-0.15, -0.1) is 9.24 Å². The molecule has 0 saturated heterocycles. The number of aryl methyl sites for hydroxylation is 1. The van der Waals surface area contributed by atoms with Gasteiger partial charge in [-0.3, -0.25) is 0 Å². The topological polar surface area (TPSA) is 0 Å². The minimum Gasteiger partial charge on any atom is -0.105 e. The van der Waals surface area contributed by atoms with E-state index >= 15 is 0 Å². The molecule has 0 N–H and O–H groups in total. The minimum absolute atomic E-state index is 1.27. The van der Waals surface area contributed by atoms with E-state index in [1.54, 1.807) is 0 Å². The molecule has 1 unspecified atom stereocenters. The molecule has 2 aromatic carbocycles. The standard InChI is InChI=1S/C13H13P/c1-10-7-8-12(9-13(10)14)11-5-3-2-4-6-11/h2-9H,14H2,1H3. The van der Waals surface area contributed by atoms with Gasteiger partial charge in [-0.25, -0.2) is 0 Å². The summed E-state index contributed by atoms with van der Waals surface area (Å²) in [5.74, 6) is 0. The molecule has 0 spiro atoms. The lowest BCUT2D eigenvalue weighted by Gasteiger charge is -2.04. The Labute approximate surface area is 87.2 Å². The molecule has 0 fully saturated rings. The molecule has 0 aliphatic carbocycles. The van der Waals surface area contributed by atoms with Crippen LogP contribution in [0.25, 0.3) is 11.1 Å². The zero-order chi connectivity index (χ0) is 9.97. The van der Waals surface area contributed by atoms with Crippen molar-refractivity contribution in [3.05, 3.63) is 54.1 Å². The average Bonchev–Trinajstić information content (AvgIpc) is 2.23. The van der Waals surface area contributed by atoms with E-state index in [-0.39, 0.29) is 0 Å². The van der Waals surface area contributed by atoms with Gasteiger partial charge in [0.15, 0.2) is 0 Å². The fourth-order valence-corrected chi connectivity index (χ4v) is 1.73. The number of hydrogen-bond donors (Lipinski definition) is 0. The summed E-state index contributed by atoms with van der Waals surface area (Å²) < 4.78 is 0. The molecule has 2 aromatic rings.